The fourth-order valence-electron chi connectivity index (χ4n) is 1.04. The van der Waals surface area contributed by atoms with Gasteiger partial charge in [0.25, 0.3) is 0 Å². The average molecular weight is 275 g/mol. The van der Waals surface area contributed by atoms with E-state index < -0.39 is 0 Å². The molecule has 5 heteroatoms. The molecule has 0 N–H and O–H groups in total. The predicted molar refractivity (Wildman–Crippen MR) is 61.6 cm³/mol. The lowest BCUT2D eigenvalue weighted by atomic mass is 10.3. The van der Waals surface area contributed by atoms with Crippen molar-refractivity contribution in [2.24, 2.45) is 0 Å². The van der Waals surface area contributed by atoms with Crippen molar-refractivity contribution in [3.05, 3.63) is 16.2 Å². The minimum Gasteiger partial charge on any atom is -0.235 e. The summed E-state index contributed by atoms with van der Waals surface area (Å²) in [6.07, 6.45) is 3.84. The largest absolute Gasteiger partial charge is 0.235 e. The number of nitrogens with zero attached hydrogens (tertiary/aromatic N) is 2. The Morgan fingerprint density at radius 3 is 3.00 bits per heavy atom. The SMILES string of the molecule is CSc1nc2ncc(Br)c(C)c2s1. The van der Waals surface area contributed by atoms with Crippen LogP contribution in [0.3, 0.4) is 0 Å². The fourth-order valence-corrected chi connectivity index (χ4v) is 2.99. The van der Waals surface area contributed by atoms with Crippen molar-refractivity contribution in [1.29, 1.82) is 0 Å². The van der Waals surface area contributed by atoms with Crippen LogP contribution in [0.5, 0.6) is 0 Å². The van der Waals surface area contributed by atoms with Crippen LogP contribution in [0.25, 0.3) is 10.3 Å². The maximum absolute atomic E-state index is 4.38. The Morgan fingerprint density at radius 1 is 1.54 bits per heavy atom. The van der Waals surface area contributed by atoms with Crippen LogP contribution in [0.15, 0.2) is 15.0 Å². The van der Waals surface area contributed by atoms with Gasteiger partial charge < -0.3 is 0 Å². The highest BCUT2D eigenvalue weighted by molar-refractivity contribution is 9.10. The maximum Gasteiger partial charge on any atom is 0.171 e. The lowest BCUT2D eigenvalue weighted by Gasteiger charge is -1.95. The third-order valence-electron chi connectivity index (χ3n) is 1.76. The lowest BCUT2D eigenvalue weighted by molar-refractivity contribution is 1.22. The van der Waals surface area contributed by atoms with E-state index in [4.69, 9.17) is 0 Å². The van der Waals surface area contributed by atoms with Gasteiger partial charge in [0.15, 0.2) is 9.99 Å². The lowest BCUT2D eigenvalue weighted by Crippen LogP contribution is -1.80. The van der Waals surface area contributed by atoms with Gasteiger partial charge in [-0.25, -0.2) is 9.97 Å². The van der Waals surface area contributed by atoms with E-state index in [1.165, 1.54) is 10.3 Å². The number of thioether (sulfide) groups is 1. The third kappa shape index (κ3) is 1.60. The van der Waals surface area contributed by atoms with E-state index in [0.29, 0.717) is 0 Å². The number of aryl methyl sites for hydroxylation is 1. The quantitative estimate of drug-likeness (QED) is 0.745. The third-order valence-corrected chi connectivity index (χ3v) is 4.71. The number of fused-ring (bicyclic) bond motifs is 1. The van der Waals surface area contributed by atoms with Crippen molar-refractivity contribution in [1.82, 2.24) is 9.97 Å². The van der Waals surface area contributed by atoms with Crippen molar-refractivity contribution in [2.45, 2.75) is 11.3 Å². The normalized spacial score (nSPS) is 11.0. The predicted octanol–water partition coefficient (Wildman–Crippen LogP) is 3.48. The molecule has 0 bridgehead atoms. The molecule has 68 valence electrons. The summed E-state index contributed by atoms with van der Waals surface area (Å²) in [6.45, 7) is 2.08. The first-order valence-electron chi connectivity index (χ1n) is 3.68. The second-order valence-electron chi connectivity index (χ2n) is 2.57. The second kappa shape index (κ2) is 3.55. The van der Waals surface area contributed by atoms with Crippen LogP contribution in [-0.4, -0.2) is 16.2 Å². The zero-order chi connectivity index (χ0) is 9.42. The number of rotatable bonds is 1. The fraction of sp³-hybridized carbons (Fsp3) is 0.250. The van der Waals surface area contributed by atoms with E-state index in [-0.39, 0.29) is 0 Å². The van der Waals surface area contributed by atoms with Gasteiger partial charge in [-0.15, -0.1) is 11.3 Å². The first kappa shape index (κ1) is 9.43. The van der Waals surface area contributed by atoms with Gasteiger partial charge in [-0.3, -0.25) is 0 Å². The molecular weight excluding hydrogens is 268 g/mol. The molecule has 2 rings (SSSR count). The smallest absolute Gasteiger partial charge is 0.171 e. The van der Waals surface area contributed by atoms with Crippen molar-refractivity contribution in [3.63, 3.8) is 0 Å². The van der Waals surface area contributed by atoms with E-state index >= 15 is 0 Å². The van der Waals surface area contributed by atoms with Crippen molar-refractivity contribution in [2.75, 3.05) is 6.26 Å². The number of pyridine rings is 1. The average Bonchev–Trinajstić information content (AvgIpc) is 2.55. The number of thiazole rings is 1. The summed E-state index contributed by atoms with van der Waals surface area (Å²) in [6, 6.07) is 0. The molecule has 0 aromatic carbocycles. The molecular formula is C8H7BrN2S2. The Kier molecular flexibility index (Phi) is 2.58. The molecule has 0 aliphatic carbocycles. The molecule has 0 atom stereocenters. The molecule has 2 heterocycles. The molecule has 0 radical (unpaired) electrons. The zero-order valence-corrected chi connectivity index (χ0v) is 10.4. The van der Waals surface area contributed by atoms with Gasteiger partial charge in [-0.05, 0) is 34.7 Å². The molecule has 0 unspecified atom stereocenters. The minimum atomic E-state index is 0.857. The molecule has 0 aliphatic rings. The summed E-state index contributed by atoms with van der Waals surface area (Å²) in [7, 11) is 0. The van der Waals surface area contributed by atoms with Gasteiger partial charge in [-0.2, -0.15) is 0 Å². The number of hydrogen-bond donors (Lipinski definition) is 0. The molecule has 0 saturated carbocycles. The summed E-state index contributed by atoms with van der Waals surface area (Å²) in [5, 5.41) is 0. The second-order valence-corrected chi connectivity index (χ2v) is 5.47. The van der Waals surface area contributed by atoms with Crippen LogP contribution in [0.4, 0.5) is 0 Å². The topological polar surface area (TPSA) is 25.8 Å². The standard InChI is InChI=1S/C8H7BrN2S2/c1-4-5(9)3-10-7-6(4)13-8(11-7)12-2/h3H,1-2H3. The summed E-state index contributed by atoms with van der Waals surface area (Å²) in [4.78, 5) is 8.63. The molecule has 0 saturated heterocycles. The first-order valence-corrected chi connectivity index (χ1v) is 6.51. The van der Waals surface area contributed by atoms with E-state index in [0.717, 1.165) is 14.5 Å². The van der Waals surface area contributed by atoms with Gasteiger partial charge in [-0.1, -0.05) is 11.8 Å². The van der Waals surface area contributed by atoms with E-state index in [2.05, 4.69) is 32.8 Å². The number of halogens is 1. The molecule has 2 aromatic heterocycles. The number of aromatic nitrogens is 2. The summed E-state index contributed by atoms with van der Waals surface area (Å²) >= 11 is 6.82. The highest BCUT2D eigenvalue weighted by Gasteiger charge is 2.08. The van der Waals surface area contributed by atoms with Gasteiger partial charge in [0.2, 0.25) is 0 Å². The van der Waals surface area contributed by atoms with Crippen LogP contribution in [0.1, 0.15) is 5.56 Å². The Labute approximate surface area is 92.9 Å². The molecule has 2 nitrogen and oxygen atoms in total. The summed E-state index contributed by atoms with van der Waals surface area (Å²) in [5.41, 5.74) is 2.08. The molecule has 0 spiro atoms. The number of hydrogen-bond acceptors (Lipinski definition) is 4. The highest BCUT2D eigenvalue weighted by atomic mass is 79.9. The van der Waals surface area contributed by atoms with Gasteiger partial charge in [0.1, 0.15) is 0 Å². The Bertz CT molecular complexity index is 453. The summed E-state index contributed by atoms with van der Waals surface area (Å²) < 4.78 is 3.30. The molecule has 0 aliphatic heterocycles. The van der Waals surface area contributed by atoms with Crippen molar-refractivity contribution in [3.8, 4) is 0 Å². The molecule has 2 aromatic rings. The Morgan fingerprint density at radius 2 is 2.31 bits per heavy atom. The monoisotopic (exact) mass is 274 g/mol. The minimum absolute atomic E-state index is 0.857. The Balaban J connectivity index is 2.76. The van der Waals surface area contributed by atoms with Crippen LogP contribution in [0.2, 0.25) is 0 Å². The van der Waals surface area contributed by atoms with Crippen LogP contribution in [0, 0.1) is 6.92 Å². The first-order chi connectivity index (χ1) is 6.22. The van der Waals surface area contributed by atoms with Crippen molar-refractivity contribution >= 4 is 49.4 Å². The van der Waals surface area contributed by atoms with Gasteiger partial charge in [0, 0.05) is 10.7 Å². The van der Waals surface area contributed by atoms with Crippen LogP contribution >= 0.6 is 39.0 Å². The van der Waals surface area contributed by atoms with E-state index in [9.17, 15) is 0 Å². The summed E-state index contributed by atoms with van der Waals surface area (Å²) in [5.74, 6) is 0. The maximum atomic E-state index is 4.38. The van der Waals surface area contributed by atoms with Crippen LogP contribution in [-0.2, 0) is 0 Å². The highest BCUT2D eigenvalue weighted by Crippen LogP contribution is 2.31. The zero-order valence-electron chi connectivity index (χ0n) is 7.17. The van der Waals surface area contributed by atoms with Crippen LogP contribution < -0.4 is 0 Å². The molecule has 0 fully saturated rings. The molecule has 13 heavy (non-hydrogen) atoms. The Hall–Kier alpha value is -0.130. The van der Waals surface area contributed by atoms with Gasteiger partial charge >= 0.3 is 0 Å². The van der Waals surface area contributed by atoms with E-state index in [1.807, 2.05) is 12.5 Å². The van der Waals surface area contributed by atoms with E-state index in [1.54, 1.807) is 23.1 Å². The van der Waals surface area contributed by atoms with Crippen molar-refractivity contribution < 1.29 is 0 Å². The molecule has 0 amide bonds. The van der Waals surface area contributed by atoms with Gasteiger partial charge in [0.05, 0.1) is 4.70 Å².